The molecule has 0 saturated heterocycles. The van der Waals surface area contributed by atoms with E-state index in [2.05, 4.69) is 39.4 Å². The lowest BCUT2D eigenvalue weighted by Gasteiger charge is -2.21. The summed E-state index contributed by atoms with van der Waals surface area (Å²) in [5.74, 6) is 1.16. The van der Waals surface area contributed by atoms with Gasteiger partial charge in [-0.25, -0.2) is 4.99 Å². The van der Waals surface area contributed by atoms with Crippen LogP contribution in [0.25, 0.3) is 0 Å². The summed E-state index contributed by atoms with van der Waals surface area (Å²) in [4.78, 5) is 4.55. The first-order chi connectivity index (χ1) is 11.0. The van der Waals surface area contributed by atoms with E-state index in [9.17, 15) is 5.11 Å². The lowest BCUT2D eigenvalue weighted by atomic mass is 10.00. The maximum Gasteiger partial charge on any atom is 0.191 e. The zero-order valence-corrected chi connectivity index (χ0v) is 15.5. The monoisotopic (exact) mass is 351 g/mol. The summed E-state index contributed by atoms with van der Waals surface area (Å²) in [6.45, 7) is 7.96. The van der Waals surface area contributed by atoms with Gasteiger partial charge in [-0.3, -0.25) is 0 Å². The smallest absolute Gasteiger partial charge is 0.191 e. The Morgan fingerprint density at radius 2 is 2.00 bits per heavy atom. The molecule has 0 aliphatic heterocycles. The Kier molecular flexibility index (Phi) is 6.62. The lowest BCUT2D eigenvalue weighted by molar-refractivity contribution is 0.0677. The Morgan fingerprint density at radius 1 is 1.26 bits per heavy atom. The molecule has 0 spiro atoms. The molecule has 23 heavy (non-hydrogen) atoms. The Balaban J connectivity index is 1.94. The molecular formula is C17H25N3OS2. The second-order valence-electron chi connectivity index (χ2n) is 5.82. The van der Waals surface area contributed by atoms with Gasteiger partial charge in [0.25, 0.3) is 0 Å². The summed E-state index contributed by atoms with van der Waals surface area (Å²) in [7, 11) is 0. The Morgan fingerprint density at radius 3 is 2.61 bits per heavy atom. The quantitative estimate of drug-likeness (QED) is 0.529. The van der Waals surface area contributed by atoms with Crippen LogP contribution >= 0.6 is 22.7 Å². The molecule has 2 aromatic heterocycles. The van der Waals surface area contributed by atoms with Gasteiger partial charge in [-0.2, -0.15) is 22.7 Å². The van der Waals surface area contributed by atoms with Crippen molar-refractivity contribution in [1.29, 1.82) is 0 Å². The fraction of sp³-hybridized carbons (Fsp3) is 0.471. The number of nitrogens with zero attached hydrogens (tertiary/aromatic N) is 1. The van der Waals surface area contributed by atoms with Crippen LogP contribution in [0.5, 0.6) is 0 Å². The molecule has 3 N–H and O–H groups in total. The number of nitrogens with one attached hydrogen (secondary N) is 2. The van der Waals surface area contributed by atoms with Crippen LogP contribution in [0, 0.1) is 0 Å². The van der Waals surface area contributed by atoms with Gasteiger partial charge in [0.05, 0.1) is 6.54 Å². The predicted octanol–water partition coefficient (Wildman–Crippen LogP) is 3.38. The van der Waals surface area contributed by atoms with Crippen molar-refractivity contribution in [2.45, 2.75) is 32.3 Å². The van der Waals surface area contributed by atoms with E-state index in [0.717, 1.165) is 24.6 Å². The summed E-state index contributed by atoms with van der Waals surface area (Å²) in [5.41, 5.74) is 1.30. The van der Waals surface area contributed by atoms with Gasteiger partial charge in [0.2, 0.25) is 0 Å². The Labute approximate surface area is 146 Å². The van der Waals surface area contributed by atoms with E-state index in [1.807, 2.05) is 23.8 Å². The number of thiophene rings is 2. The molecular weight excluding hydrogens is 326 g/mol. The zero-order chi connectivity index (χ0) is 16.7. The van der Waals surface area contributed by atoms with Crippen LogP contribution in [0.1, 0.15) is 37.8 Å². The normalized spacial score (nSPS) is 15.9. The highest BCUT2D eigenvalue weighted by Gasteiger charge is 2.23. The number of rotatable bonds is 7. The first-order valence-corrected chi connectivity index (χ1v) is 9.71. The summed E-state index contributed by atoms with van der Waals surface area (Å²) in [6, 6.07) is 4.10. The minimum atomic E-state index is -0.943. The molecule has 0 aliphatic carbocycles. The third-order valence-electron chi connectivity index (χ3n) is 3.72. The van der Waals surface area contributed by atoms with Crippen molar-refractivity contribution < 1.29 is 5.11 Å². The standard InChI is InChI=1S/C17H25N3OS2/c1-4-18-16(19-9-13(2)14-5-7-22-10-14)20-12-17(3,21)15-6-8-23-11-15/h5-8,10-11,13,21H,4,9,12H2,1-3H3,(H2,18,19,20). The minimum Gasteiger partial charge on any atom is -0.383 e. The molecule has 0 aromatic carbocycles. The van der Waals surface area contributed by atoms with Crippen LogP contribution in [0.15, 0.2) is 38.6 Å². The van der Waals surface area contributed by atoms with Crippen molar-refractivity contribution in [2.24, 2.45) is 4.99 Å². The summed E-state index contributed by atoms with van der Waals surface area (Å²) in [6.07, 6.45) is 0. The fourth-order valence-corrected chi connectivity index (χ4v) is 3.73. The molecule has 2 heterocycles. The molecule has 2 atom stereocenters. The molecule has 2 unspecified atom stereocenters. The van der Waals surface area contributed by atoms with E-state index >= 15 is 0 Å². The average Bonchev–Trinajstić information content (AvgIpc) is 3.23. The first kappa shape index (κ1) is 18.0. The van der Waals surface area contributed by atoms with Crippen molar-refractivity contribution in [1.82, 2.24) is 10.6 Å². The second-order valence-corrected chi connectivity index (χ2v) is 7.38. The third-order valence-corrected chi connectivity index (χ3v) is 5.10. The highest BCUT2D eigenvalue weighted by Crippen LogP contribution is 2.23. The topological polar surface area (TPSA) is 56.7 Å². The van der Waals surface area contributed by atoms with Gasteiger partial charge in [0, 0.05) is 13.1 Å². The SMILES string of the molecule is CCNC(=NCC(C)(O)c1ccsc1)NCC(C)c1ccsc1. The van der Waals surface area contributed by atoms with Crippen LogP contribution in [-0.2, 0) is 5.60 Å². The number of aliphatic imine (C=N–C) groups is 1. The van der Waals surface area contributed by atoms with Crippen LogP contribution < -0.4 is 10.6 Å². The molecule has 0 aliphatic rings. The summed E-state index contributed by atoms with van der Waals surface area (Å²) in [5, 5.41) is 25.4. The highest BCUT2D eigenvalue weighted by atomic mass is 32.1. The average molecular weight is 352 g/mol. The second kappa shape index (κ2) is 8.47. The fourth-order valence-electron chi connectivity index (χ4n) is 2.16. The maximum absolute atomic E-state index is 10.6. The molecule has 0 saturated carbocycles. The largest absolute Gasteiger partial charge is 0.383 e. The van der Waals surface area contributed by atoms with Gasteiger partial charge in [-0.15, -0.1) is 0 Å². The van der Waals surface area contributed by atoms with Gasteiger partial charge in [0.1, 0.15) is 5.60 Å². The van der Waals surface area contributed by atoms with E-state index in [4.69, 9.17) is 0 Å². The third kappa shape index (κ3) is 5.34. The molecule has 0 bridgehead atoms. The van der Waals surface area contributed by atoms with Crippen molar-refractivity contribution in [3.63, 3.8) is 0 Å². The molecule has 2 aromatic rings. The maximum atomic E-state index is 10.6. The molecule has 4 nitrogen and oxygen atoms in total. The Hall–Kier alpha value is -1.37. The summed E-state index contributed by atoms with van der Waals surface area (Å²) >= 11 is 3.30. The van der Waals surface area contributed by atoms with Crippen molar-refractivity contribution in [3.05, 3.63) is 44.8 Å². The zero-order valence-electron chi connectivity index (χ0n) is 13.9. The van der Waals surface area contributed by atoms with Gasteiger partial charge >= 0.3 is 0 Å². The Bertz CT molecular complexity index is 591. The molecule has 0 amide bonds. The predicted molar refractivity (Wildman–Crippen MR) is 101 cm³/mol. The molecule has 126 valence electrons. The highest BCUT2D eigenvalue weighted by molar-refractivity contribution is 7.08. The van der Waals surface area contributed by atoms with E-state index in [1.165, 1.54) is 5.56 Å². The number of aliphatic hydroxyl groups is 1. The van der Waals surface area contributed by atoms with Gasteiger partial charge < -0.3 is 15.7 Å². The number of guanidine groups is 1. The lowest BCUT2D eigenvalue weighted by Crippen LogP contribution is -2.40. The van der Waals surface area contributed by atoms with Crippen molar-refractivity contribution >= 4 is 28.6 Å². The molecule has 6 heteroatoms. The van der Waals surface area contributed by atoms with Crippen molar-refractivity contribution in [3.8, 4) is 0 Å². The molecule has 0 radical (unpaired) electrons. The van der Waals surface area contributed by atoms with Crippen molar-refractivity contribution in [2.75, 3.05) is 19.6 Å². The van der Waals surface area contributed by atoms with Gasteiger partial charge in [0.15, 0.2) is 5.96 Å². The first-order valence-electron chi connectivity index (χ1n) is 7.82. The van der Waals surface area contributed by atoms with Crippen LogP contribution in [-0.4, -0.2) is 30.7 Å². The van der Waals surface area contributed by atoms with Gasteiger partial charge in [-0.1, -0.05) is 6.92 Å². The molecule has 0 fully saturated rings. The molecule has 2 rings (SSSR count). The van der Waals surface area contributed by atoms with E-state index in [1.54, 1.807) is 29.6 Å². The van der Waals surface area contributed by atoms with Crippen LogP contribution in [0.3, 0.4) is 0 Å². The minimum absolute atomic E-state index is 0.325. The van der Waals surface area contributed by atoms with E-state index in [-0.39, 0.29) is 0 Å². The van der Waals surface area contributed by atoms with Crippen LogP contribution in [0.4, 0.5) is 0 Å². The van der Waals surface area contributed by atoms with E-state index in [0.29, 0.717) is 12.5 Å². The van der Waals surface area contributed by atoms with Gasteiger partial charge in [-0.05, 0) is 64.5 Å². The number of hydrogen-bond acceptors (Lipinski definition) is 4. The number of hydrogen-bond donors (Lipinski definition) is 3. The van der Waals surface area contributed by atoms with Crippen LogP contribution in [0.2, 0.25) is 0 Å². The van der Waals surface area contributed by atoms with E-state index < -0.39 is 5.60 Å². The summed E-state index contributed by atoms with van der Waals surface area (Å²) < 4.78 is 0.